The molecule has 1 N–H and O–H groups in total. The minimum absolute atomic E-state index is 0.238. The molecule has 1 unspecified atom stereocenters. The fraction of sp³-hybridized carbons (Fsp3) is 0.250. The topological polar surface area (TPSA) is 21.3 Å². The van der Waals surface area contributed by atoms with Crippen molar-refractivity contribution in [1.82, 2.24) is 0 Å². The molecule has 4 heteroatoms. The average Bonchev–Trinajstić information content (AvgIpc) is 2.85. The molecule has 0 saturated heterocycles. The Morgan fingerprint density at radius 2 is 2.15 bits per heavy atom. The van der Waals surface area contributed by atoms with Gasteiger partial charge in [0, 0.05) is 10.5 Å². The van der Waals surface area contributed by atoms with Gasteiger partial charge in [0.15, 0.2) is 0 Å². The molecule has 2 aromatic carbocycles. The number of nitrogens with one attached hydrogen (secondary N) is 1. The van der Waals surface area contributed by atoms with E-state index in [1.807, 2.05) is 6.07 Å². The maximum atomic E-state index is 13.2. The molecule has 0 aromatic heterocycles. The molecule has 0 spiro atoms. The van der Waals surface area contributed by atoms with Crippen molar-refractivity contribution in [3.63, 3.8) is 0 Å². The Labute approximate surface area is 126 Å². The zero-order chi connectivity index (χ0) is 14.1. The van der Waals surface area contributed by atoms with E-state index in [4.69, 9.17) is 4.74 Å². The molecule has 1 aliphatic carbocycles. The smallest absolute Gasteiger partial charge is 0.144 e. The Bertz CT molecular complexity index is 644. The summed E-state index contributed by atoms with van der Waals surface area (Å²) >= 11 is 3.60. The van der Waals surface area contributed by atoms with Gasteiger partial charge in [-0.05, 0) is 42.2 Å². The van der Waals surface area contributed by atoms with Crippen molar-refractivity contribution in [1.29, 1.82) is 0 Å². The number of anilines is 1. The van der Waals surface area contributed by atoms with E-state index in [0.29, 0.717) is 5.75 Å². The predicted octanol–water partition coefficient (Wildman–Crippen LogP) is 4.70. The van der Waals surface area contributed by atoms with Crippen molar-refractivity contribution < 1.29 is 9.13 Å². The van der Waals surface area contributed by atoms with Crippen molar-refractivity contribution in [3.05, 3.63) is 57.8 Å². The summed E-state index contributed by atoms with van der Waals surface area (Å²) in [6, 6.07) is 11.1. The molecule has 1 aliphatic rings. The van der Waals surface area contributed by atoms with Crippen LogP contribution in [0.15, 0.2) is 40.9 Å². The van der Waals surface area contributed by atoms with Crippen LogP contribution in [0.5, 0.6) is 5.75 Å². The Morgan fingerprint density at radius 1 is 1.30 bits per heavy atom. The van der Waals surface area contributed by atoms with Crippen molar-refractivity contribution in [3.8, 4) is 5.75 Å². The molecular formula is C16H15BrFNO. The molecule has 0 bridgehead atoms. The molecule has 1 atom stereocenters. The summed E-state index contributed by atoms with van der Waals surface area (Å²) < 4.78 is 19.6. The first-order valence-corrected chi connectivity index (χ1v) is 7.35. The van der Waals surface area contributed by atoms with Crippen LogP contribution in [-0.4, -0.2) is 7.11 Å². The van der Waals surface area contributed by atoms with Gasteiger partial charge in [0.25, 0.3) is 0 Å². The molecule has 20 heavy (non-hydrogen) atoms. The number of hydrogen-bond acceptors (Lipinski definition) is 2. The second-order valence-corrected chi connectivity index (χ2v) is 5.74. The van der Waals surface area contributed by atoms with Gasteiger partial charge in [-0.25, -0.2) is 4.39 Å². The largest absolute Gasteiger partial charge is 0.494 e. The summed E-state index contributed by atoms with van der Waals surface area (Å²) in [4.78, 5) is 0. The summed E-state index contributed by atoms with van der Waals surface area (Å²) in [6.45, 7) is 0. The highest BCUT2D eigenvalue weighted by atomic mass is 79.9. The fourth-order valence-electron chi connectivity index (χ4n) is 2.73. The van der Waals surface area contributed by atoms with E-state index in [-0.39, 0.29) is 11.9 Å². The van der Waals surface area contributed by atoms with Crippen molar-refractivity contribution in [2.45, 2.75) is 18.9 Å². The summed E-state index contributed by atoms with van der Waals surface area (Å²) in [5, 5.41) is 3.46. The number of halogens is 2. The fourth-order valence-corrected chi connectivity index (χ4v) is 3.31. The van der Waals surface area contributed by atoms with Crippen LogP contribution in [0.2, 0.25) is 0 Å². The third kappa shape index (κ3) is 2.40. The molecule has 104 valence electrons. The second kappa shape index (κ2) is 5.44. The Morgan fingerprint density at radius 3 is 2.95 bits per heavy atom. The van der Waals surface area contributed by atoms with Crippen LogP contribution in [-0.2, 0) is 6.42 Å². The lowest BCUT2D eigenvalue weighted by Gasteiger charge is -2.18. The number of methoxy groups -OCH3 is 1. The maximum absolute atomic E-state index is 13.2. The highest BCUT2D eigenvalue weighted by Crippen LogP contribution is 2.39. The number of benzene rings is 2. The van der Waals surface area contributed by atoms with Crippen LogP contribution in [0, 0.1) is 5.82 Å². The number of ether oxygens (including phenoxy) is 1. The van der Waals surface area contributed by atoms with Crippen LogP contribution in [0.3, 0.4) is 0 Å². The molecule has 0 amide bonds. The van der Waals surface area contributed by atoms with Gasteiger partial charge in [-0.2, -0.15) is 0 Å². The highest BCUT2D eigenvalue weighted by molar-refractivity contribution is 9.10. The van der Waals surface area contributed by atoms with Crippen LogP contribution < -0.4 is 10.1 Å². The summed E-state index contributed by atoms with van der Waals surface area (Å²) in [7, 11) is 1.55. The van der Waals surface area contributed by atoms with Gasteiger partial charge in [-0.3, -0.25) is 0 Å². The van der Waals surface area contributed by atoms with E-state index >= 15 is 0 Å². The van der Waals surface area contributed by atoms with Crippen LogP contribution in [0.25, 0.3) is 0 Å². The molecular weight excluding hydrogens is 321 g/mol. The summed E-state index contributed by atoms with van der Waals surface area (Å²) in [5.41, 5.74) is 3.48. The molecule has 3 rings (SSSR count). The number of fused-ring (bicyclic) bond motifs is 1. The van der Waals surface area contributed by atoms with Gasteiger partial charge in [0.2, 0.25) is 0 Å². The highest BCUT2D eigenvalue weighted by Gasteiger charge is 2.24. The van der Waals surface area contributed by atoms with Gasteiger partial charge in [-0.1, -0.05) is 28.1 Å². The van der Waals surface area contributed by atoms with Gasteiger partial charge in [0.05, 0.1) is 18.8 Å². The van der Waals surface area contributed by atoms with Gasteiger partial charge < -0.3 is 10.1 Å². The minimum atomic E-state index is -0.290. The lowest BCUT2D eigenvalue weighted by molar-refractivity contribution is 0.412. The standard InChI is InChI=1S/C16H15BrFNO/c1-20-16-9-10(18)5-7-15(16)19-14-8-6-11-12(14)3-2-4-13(11)17/h2-5,7,9,14,19H,6,8H2,1H3. The first-order valence-electron chi connectivity index (χ1n) is 6.56. The zero-order valence-electron chi connectivity index (χ0n) is 11.1. The summed E-state index contributed by atoms with van der Waals surface area (Å²) in [6.07, 6.45) is 2.07. The maximum Gasteiger partial charge on any atom is 0.144 e. The van der Waals surface area contributed by atoms with Gasteiger partial charge >= 0.3 is 0 Å². The number of rotatable bonds is 3. The first-order chi connectivity index (χ1) is 9.69. The van der Waals surface area contributed by atoms with Gasteiger partial charge in [0.1, 0.15) is 11.6 Å². The quantitative estimate of drug-likeness (QED) is 0.877. The molecule has 0 heterocycles. The first kappa shape index (κ1) is 13.4. The van der Waals surface area contributed by atoms with Crippen molar-refractivity contribution in [2.24, 2.45) is 0 Å². The Kier molecular flexibility index (Phi) is 3.66. The summed E-state index contributed by atoms with van der Waals surface area (Å²) in [5.74, 6) is 0.246. The molecule has 2 nitrogen and oxygen atoms in total. The van der Waals surface area contributed by atoms with E-state index in [1.54, 1.807) is 13.2 Å². The minimum Gasteiger partial charge on any atom is -0.494 e. The van der Waals surface area contributed by atoms with E-state index in [9.17, 15) is 4.39 Å². The third-order valence-electron chi connectivity index (χ3n) is 3.71. The molecule has 0 radical (unpaired) electrons. The predicted molar refractivity (Wildman–Crippen MR) is 81.8 cm³/mol. The molecule has 0 fully saturated rings. The van der Waals surface area contributed by atoms with Crippen molar-refractivity contribution >= 4 is 21.6 Å². The zero-order valence-corrected chi connectivity index (χ0v) is 12.7. The van der Waals surface area contributed by atoms with E-state index in [1.165, 1.54) is 23.3 Å². The van der Waals surface area contributed by atoms with Crippen LogP contribution in [0.4, 0.5) is 10.1 Å². The average molecular weight is 336 g/mol. The lowest BCUT2D eigenvalue weighted by atomic mass is 10.1. The SMILES string of the molecule is COc1cc(F)ccc1NC1CCc2c(Br)cccc21. The third-order valence-corrected chi connectivity index (χ3v) is 4.45. The molecule has 2 aromatic rings. The Balaban J connectivity index is 1.89. The van der Waals surface area contributed by atoms with E-state index in [0.717, 1.165) is 23.0 Å². The second-order valence-electron chi connectivity index (χ2n) is 4.89. The van der Waals surface area contributed by atoms with Crippen LogP contribution >= 0.6 is 15.9 Å². The molecule has 0 saturated carbocycles. The number of hydrogen-bond donors (Lipinski definition) is 1. The van der Waals surface area contributed by atoms with Crippen LogP contribution in [0.1, 0.15) is 23.6 Å². The Hall–Kier alpha value is -1.55. The normalized spacial score (nSPS) is 16.9. The van der Waals surface area contributed by atoms with E-state index < -0.39 is 0 Å². The lowest BCUT2D eigenvalue weighted by Crippen LogP contribution is -2.08. The van der Waals surface area contributed by atoms with Gasteiger partial charge in [-0.15, -0.1) is 0 Å². The molecule has 0 aliphatic heterocycles. The van der Waals surface area contributed by atoms with E-state index in [2.05, 4.69) is 33.4 Å². The monoisotopic (exact) mass is 335 g/mol. The van der Waals surface area contributed by atoms with Crippen molar-refractivity contribution in [2.75, 3.05) is 12.4 Å².